The first-order chi connectivity index (χ1) is 21.1. The van der Waals surface area contributed by atoms with Crippen LogP contribution in [-0.2, 0) is 11.0 Å². The number of halogens is 3. The van der Waals surface area contributed by atoms with Crippen LogP contribution in [-0.4, -0.2) is 30.8 Å². The van der Waals surface area contributed by atoms with Crippen LogP contribution in [0.15, 0.2) is 73.2 Å². The van der Waals surface area contributed by atoms with Crippen molar-refractivity contribution in [2.24, 2.45) is 0 Å². The molecule has 0 radical (unpaired) electrons. The lowest BCUT2D eigenvalue weighted by molar-refractivity contribution is -0.137. The van der Waals surface area contributed by atoms with Gasteiger partial charge in [-0.1, -0.05) is 12.1 Å². The summed E-state index contributed by atoms with van der Waals surface area (Å²) in [5, 5.41) is 21.2. The van der Waals surface area contributed by atoms with E-state index in [1.165, 1.54) is 18.6 Å². The van der Waals surface area contributed by atoms with Crippen LogP contribution in [0.2, 0.25) is 0 Å². The number of nitrogens with one attached hydrogen (secondary N) is 2. The maximum absolute atomic E-state index is 13.3. The number of hydrogen-bond donors (Lipinski definition) is 3. The van der Waals surface area contributed by atoms with Gasteiger partial charge in [0.25, 0.3) is 0 Å². The van der Waals surface area contributed by atoms with E-state index in [4.69, 9.17) is 0 Å². The molecular weight excluding hydrogens is 569 g/mol. The van der Waals surface area contributed by atoms with E-state index in [1.54, 1.807) is 12.4 Å². The Balaban J connectivity index is 1.13. The van der Waals surface area contributed by atoms with E-state index in [9.17, 15) is 23.1 Å². The van der Waals surface area contributed by atoms with Crippen molar-refractivity contribution in [2.45, 2.75) is 56.7 Å². The highest BCUT2D eigenvalue weighted by atomic mass is 19.4. The average molecular weight is 599 g/mol. The minimum atomic E-state index is -4.64. The standard InChI is InChI=1S/C33H29F3N6O2/c1-18(21-11-23(33(34,35)36)13-27(43)12-21)31(44)39-24-5-8-28(19-2-3-19)29(14-24)20-4-9-30-22(10-20)15-37-32(41-30)40-25-16-38-42(17-25)26-6-7-26/h4-5,8-19,26,43H,2-3,6-7H2,1H3,(H,39,44)(H,37,40,41). The largest absolute Gasteiger partial charge is 0.508 e. The van der Waals surface area contributed by atoms with Gasteiger partial charge in [0.15, 0.2) is 0 Å². The van der Waals surface area contributed by atoms with Crippen LogP contribution in [0.3, 0.4) is 0 Å². The fourth-order valence-electron chi connectivity index (χ4n) is 5.42. The molecule has 0 aliphatic heterocycles. The van der Waals surface area contributed by atoms with Gasteiger partial charge in [0.1, 0.15) is 5.75 Å². The number of benzene rings is 3. The molecule has 2 saturated carbocycles. The number of amides is 1. The number of phenols is 1. The molecule has 1 atom stereocenters. The molecule has 44 heavy (non-hydrogen) atoms. The van der Waals surface area contributed by atoms with Gasteiger partial charge in [-0.25, -0.2) is 9.97 Å². The van der Waals surface area contributed by atoms with Crippen molar-refractivity contribution < 1.29 is 23.1 Å². The first-order valence-electron chi connectivity index (χ1n) is 14.5. The van der Waals surface area contributed by atoms with Gasteiger partial charge in [-0.3, -0.25) is 9.48 Å². The highest BCUT2D eigenvalue weighted by molar-refractivity contribution is 5.96. The summed E-state index contributed by atoms with van der Waals surface area (Å²) in [5.41, 5.74) is 4.29. The molecule has 2 aliphatic rings. The molecule has 224 valence electrons. The summed E-state index contributed by atoms with van der Waals surface area (Å²) < 4.78 is 41.8. The highest BCUT2D eigenvalue weighted by Gasteiger charge is 2.32. The Kier molecular flexibility index (Phi) is 6.75. The number of alkyl halides is 3. The maximum Gasteiger partial charge on any atom is 0.416 e. The number of carbonyl (C=O) groups excluding carboxylic acids is 1. The van der Waals surface area contributed by atoms with Gasteiger partial charge in [-0.2, -0.15) is 18.3 Å². The van der Waals surface area contributed by atoms with Crippen molar-refractivity contribution in [1.29, 1.82) is 0 Å². The second-order valence-corrected chi connectivity index (χ2v) is 11.6. The third-order valence-corrected chi connectivity index (χ3v) is 8.17. The number of hydrogen-bond acceptors (Lipinski definition) is 6. The lowest BCUT2D eigenvalue weighted by Crippen LogP contribution is -2.19. The summed E-state index contributed by atoms with van der Waals surface area (Å²) in [6, 6.07) is 14.9. The van der Waals surface area contributed by atoms with Gasteiger partial charge in [-0.15, -0.1) is 0 Å². The van der Waals surface area contributed by atoms with Crippen LogP contribution in [0.25, 0.3) is 22.0 Å². The fraction of sp³-hybridized carbons (Fsp3) is 0.273. The van der Waals surface area contributed by atoms with Gasteiger partial charge >= 0.3 is 6.18 Å². The van der Waals surface area contributed by atoms with Crippen LogP contribution in [0.1, 0.15) is 67.2 Å². The lowest BCUT2D eigenvalue weighted by atomic mass is 9.94. The first-order valence-corrected chi connectivity index (χ1v) is 14.5. The smallest absolute Gasteiger partial charge is 0.416 e. The van der Waals surface area contributed by atoms with Crippen molar-refractivity contribution in [3.8, 4) is 16.9 Å². The number of phenolic OH excluding ortho intramolecular Hbond substituents is 1. The predicted octanol–water partition coefficient (Wildman–Crippen LogP) is 7.92. The van der Waals surface area contributed by atoms with E-state index in [-0.39, 0.29) is 5.56 Å². The van der Waals surface area contributed by atoms with Crippen molar-refractivity contribution in [2.75, 3.05) is 10.6 Å². The second kappa shape index (κ2) is 10.7. The Labute approximate surface area is 251 Å². The molecule has 2 fully saturated rings. The van der Waals surface area contributed by atoms with Gasteiger partial charge in [-0.05, 0) is 103 Å². The fourth-order valence-corrected chi connectivity index (χ4v) is 5.42. The quantitative estimate of drug-likeness (QED) is 0.168. The first kappa shape index (κ1) is 27.9. The van der Waals surface area contributed by atoms with E-state index >= 15 is 0 Å². The van der Waals surface area contributed by atoms with Crippen molar-refractivity contribution in [3.63, 3.8) is 0 Å². The average Bonchev–Trinajstić information content (AvgIpc) is 3.94. The molecule has 1 unspecified atom stereocenters. The summed E-state index contributed by atoms with van der Waals surface area (Å²) >= 11 is 0. The molecule has 11 heteroatoms. The lowest BCUT2D eigenvalue weighted by Gasteiger charge is -2.17. The topological polar surface area (TPSA) is 105 Å². The minimum Gasteiger partial charge on any atom is -0.508 e. The maximum atomic E-state index is 13.3. The van der Waals surface area contributed by atoms with Gasteiger partial charge in [0, 0.05) is 23.5 Å². The van der Waals surface area contributed by atoms with Crippen molar-refractivity contribution in [3.05, 3.63) is 89.9 Å². The summed E-state index contributed by atoms with van der Waals surface area (Å²) in [6.45, 7) is 1.51. The number of anilines is 3. The van der Waals surface area contributed by atoms with Crippen molar-refractivity contribution >= 4 is 34.1 Å². The third-order valence-electron chi connectivity index (χ3n) is 8.17. The molecule has 0 spiro atoms. The number of nitrogens with zero attached hydrogens (tertiary/aromatic N) is 4. The summed E-state index contributed by atoms with van der Waals surface area (Å²) in [7, 11) is 0. The Morgan fingerprint density at radius 1 is 1.00 bits per heavy atom. The molecule has 3 aromatic carbocycles. The number of rotatable bonds is 8. The van der Waals surface area contributed by atoms with E-state index in [2.05, 4.69) is 25.7 Å². The Morgan fingerprint density at radius 3 is 2.57 bits per heavy atom. The number of fused-ring (bicyclic) bond motifs is 1. The molecule has 5 aromatic rings. The molecule has 3 N–H and O–H groups in total. The van der Waals surface area contributed by atoms with E-state index in [0.29, 0.717) is 29.7 Å². The van der Waals surface area contributed by atoms with Crippen LogP contribution in [0, 0.1) is 0 Å². The normalized spacial score (nSPS) is 15.7. The molecule has 2 aromatic heterocycles. The highest BCUT2D eigenvalue weighted by Crippen LogP contribution is 2.45. The van der Waals surface area contributed by atoms with Crippen LogP contribution in [0.5, 0.6) is 5.75 Å². The summed E-state index contributed by atoms with van der Waals surface area (Å²) in [6.07, 6.45) is 5.33. The Morgan fingerprint density at radius 2 is 1.82 bits per heavy atom. The zero-order chi connectivity index (χ0) is 30.6. The zero-order valence-corrected chi connectivity index (χ0v) is 23.8. The zero-order valence-electron chi connectivity index (χ0n) is 23.8. The molecule has 2 heterocycles. The van der Waals surface area contributed by atoms with Gasteiger partial charge in [0.2, 0.25) is 11.9 Å². The second-order valence-electron chi connectivity index (χ2n) is 11.6. The molecule has 0 saturated heterocycles. The SMILES string of the molecule is CC(C(=O)Nc1ccc(C2CC2)c(-c2ccc3nc(Nc4cnn(C5CC5)c4)ncc3c2)c1)c1cc(O)cc(C(F)(F)F)c1. The number of carbonyl (C=O) groups is 1. The van der Waals surface area contributed by atoms with E-state index in [1.807, 2.05) is 47.3 Å². The minimum absolute atomic E-state index is 0.0739. The number of aromatic hydroxyl groups is 1. The molecule has 0 bridgehead atoms. The Bertz CT molecular complexity index is 1890. The van der Waals surface area contributed by atoms with Crippen LogP contribution in [0.4, 0.5) is 30.5 Å². The molecular formula is C33H29F3N6O2. The predicted molar refractivity (Wildman–Crippen MR) is 161 cm³/mol. The summed E-state index contributed by atoms with van der Waals surface area (Å²) in [5.74, 6) is -1.05. The molecule has 8 nitrogen and oxygen atoms in total. The van der Waals surface area contributed by atoms with E-state index in [0.717, 1.165) is 59.5 Å². The van der Waals surface area contributed by atoms with Crippen molar-refractivity contribution in [1.82, 2.24) is 19.7 Å². The van der Waals surface area contributed by atoms with Gasteiger partial charge < -0.3 is 15.7 Å². The van der Waals surface area contributed by atoms with Crippen LogP contribution >= 0.6 is 0 Å². The molecule has 1 amide bonds. The van der Waals surface area contributed by atoms with E-state index < -0.39 is 29.3 Å². The molecule has 2 aliphatic carbocycles. The summed E-state index contributed by atoms with van der Waals surface area (Å²) in [4.78, 5) is 22.3. The van der Waals surface area contributed by atoms with Gasteiger partial charge in [0.05, 0.1) is 34.9 Å². The molecule has 7 rings (SSSR count). The monoisotopic (exact) mass is 598 g/mol. The van der Waals surface area contributed by atoms with Crippen LogP contribution < -0.4 is 10.6 Å². The number of aromatic nitrogens is 4. The Hall–Kier alpha value is -4.93. The third kappa shape index (κ3) is 5.82.